The third-order valence-electron chi connectivity index (χ3n) is 4.59. The minimum atomic E-state index is -3.22. The lowest BCUT2D eigenvalue weighted by Gasteiger charge is -2.34. The Labute approximate surface area is 137 Å². The lowest BCUT2D eigenvalue weighted by atomic mass is 10.1. The topological polar surface area (TPSA) is 60.9 Å². The van der Waals surface area contributed by atoms with Gasteiger partial charge in [0.2, 0.25) is 10.0 Å². The van der Waals surface area contributed by atoms with E-state index in [1.54, 1.807) is 24.3 Å². The summed E-state index contributed by atoms with van der Waals surface area (Å²) >= 11 is 0. The molecule has 2 aliphatic heterocycles. The van der Waals surface area contributed by atoms with Gasteiger partial charge < -0.3 is 9.80 Å². The van der Waals surface area contributed by atoms with Crippen LogP contribution in [0.5, 0.6) is 0 Å². The third kappa shape index (κ3) is 3.35. The Morgan fingerprint density at radius 1 is 1.13 bits per heavy atom. The first kappa shape index (κ1) is 16.3. The molecular weight excluding hydrogens is 314 g/mol. The highest BCUT2D eigenvalue weighted by atomic mass is 32.2. The summed E-state index contributed by atoms with van der Waals surface area (Å²) in [7, 11) is -3.22. The Morgan fingerprint density at radius 3 is 2.48 bits per heavy atom. The fourth-order valence-corrected chi connectivity index (χ4v) is 4.73. The average Bonchev–Trinajstić information content (AvgIpc) is 2.93. The van der Waals surface area contributed by atoms with Crippen LogP contribution in [0.4, 0.5) is 5.69 Å². The number of hydrogen-bond donors (Lipinski definition) is 0. The highest BCUT2D eigenvalue weighted by molar-refractivity contribution is 7.93. The number of piperazine rings is 1. The van der Waals surface area contributed by atoms with Gasteiger partial charge in [0.15, 0.2) is 0 Å². The van der Waals surface area contributed by atoms with E-state index in [1.165, 1.54) is 4.31 Å². The van der Waals surface area contributed by atoms with Gasteiger partial charge in [0, 0.05) is 38.3 Å². The number of anilines is 1. The van der Waals surface area contributed by atoms with Crippen molar-refractivity contribution in [3.63, 3.8) is 0 Å². The molecule has 0 aliphatic carbocycles. The van der Waals surface area contributed by atoms with Crippen molar-refractivity contribution in [3.8, 4) is 0 Å². The van der Waals surface area contributed by atoms with Crippen LogP contribution in [-0.4, -0.2) is 69.1 Å². The fourth-order valence-electron chi connectivity index (χ4n) is 3.17. The van der Waals surface area contributed by atoms with E-state index in [0.717, 1.165) is 32.7 Å². The van der Waals surface area contributed by atoms with Crippen LogP contribution in [0.1, 0.15) is 23.7 Å². The monoisotopic (exact) mass is 337 g/mol. The molecular formula is C16H23N3O3S. The van der Waals surface area contributed by atoms with E-state index < -0.39 is 10.0 Å². The van der Waals surface area contributed by atoms with Crippen molar-refractivity contribution < 1.29 is 13.2 Å². The van der Waals surface area contributed by atoms with E-state index in [-0.39, 0.29) is 11.7 Å². The summed E-state index contributed by atoms with van der Waals surface area (Å²) in [6.07, 6.45) is 0.638. The van der Waals surface area contributed by atoms with Crippen molar-refractivity contribution in [2.75, 3.05) is 49.3 Å². The molecule has 1 amide bonds. The molecule has 2 aliphatic rings. The quantitative estimate of drug-likeness (QED) is 0.826. The zero-order chi connectivity index (χ0) is 16.4. The first-order valence-corrected chi connectivity index (χ1v) is 9.74. The summed E-state index contributed by atoms with van der Waals surface area (Å²) in [6.45, 7) is 6.85. The van der Waals surface area contributed by atoms with Crippen molar-refractivity contribution in [2.45, 2.75) is 13.3 Å². The molecule has 0 atom stereocenters. The van der Waals surface area contributed by atoms with Gasteiger partial charge in [-0.25, -0.2) is 8.42 Å². The fraction of sp³-hybridized carbons (Fsp3) is 0.562. The van der Waals surface area contributed by atoms with Crippen LogP contribution in [-0.2, 0) is 10.0 Å². The maximum absolute atomic E-state index is 12.7. The lowest BCUT2D eigenvalue weighted by Crippen LogP contribution is -2.48. The van der Waals surface area contributed by atoms with Crippen LogP contribution in [0.2, 0.25) is 0 Å². The van der Waals surface area contributed by atoms with Gasteiger partial charge in [-0.05, 0) is 31.2 Å². The van der Waals surface area contributed by atoms with Crippen molar-refractivity contribution in [2.24, 2.45) is 0 Å². The molecule has 1 aromatic rings. The van der Waals surface area contributed by atoms with Crippen LogP contribution >= 0.6 is 0 Å². The predicted octanol–water partition coefficient (Wildman–Crippen LogP) is 1.00. The maximum atomic E-state index is 12.7. The zero-order valence-corrected chi connectivity index (χ0v) is 14.3. The van der Waals surface area contributed by atoms with Gasteiger partial charge in [0.25, 0.3) is 5.91 Å². The van der Waals surface area contributed by atoms with Crippen LogP contribution < -0.4 is 4.31 Å². The Balaban J connectivity index is 1.76. The predicted molar refractivity (Wildman–Crippen MR) is 90.2 cm³/mol. The average molecular weight is 337 g/mol. The Kier molecular flexibility index (Phi) is 4.59. The molecule has 0 spiro atoms. The van der Waals surface area contributed by atoms with Crippen molar-refractivity contribution in [1.29, 1.82) is 0 Å². The Morgan fingerprint density at radius 2 is 1.87 bits per heavy atom. The highest BCUT2D eigenvalue weighted by Crippen LogP contribution is 2.25. The first-order chi connectivity index (χ1) is 11.0. The molecule has 0 saturated carbocycles. The second kappa shape index (κ2) is 6.49. The zero-order valence-electron chi connectivity index (χ0n) is 13.4. The molecule has 2 heterocycles. The lowest BCUT2D eigenvalue weighted by molar-refractivity contribution is 0.0643. The number of likely N-dealkylation sites (N-methyl/N-ethyl adjacent to an activating group) is 1. The van der Waals surface area contributed by atoms with Gasteiger partial charge in [0.1, 0.15) is 0 Å². The number of benzene rings is 1. The molecule has 6 nitrogen and oxygen atoms in total. The SMILES string of the molecule is CCN1CCN(C(=O)c2cccc(N3CCCS3(=O)=O)c2)CC1. The molecule has 7 heteroatoms. The molecule has 0 N–H and O–H groups in total. The number of nitrogens with zero attached hydrogens (tertiary/aromatic N) is 3. The molecule has 0 radical (unpaired) electrons. The van der Waals surface area contributed by atoms with Crippen LogP contribution in [0.25, 0.3) is 0 Å². The number of carbonyl (C=O) groups is 1. The summed E-state index contributed by atoms with van der Waals surface area (Å²) in [5, 5.41) is 0. The van der Waals surface area contributed by atoms with E-state index in [0.29, 0.717) is 24.2 Å². The summed E-state index contributed by atoms with van der Waals surface area (Å²) < 4.78 is 25.5. The van der Waals surface area contributed by atoms with Gasteiger partial charge >= 0.3 is 0 Å². The van der Waals surface area contributed by atoms with Gasteiger partial charge in [-0.15, -0.1) is 0 Å². The summed E-state index contributed by atoms with van der Waals surface area (Å²) in [5.74, 6) is 0.170. The molecule has 0 aromatic heterocycles. The van der Waals surface area contributed by atoms with E-state index in [4.69, 9.17) is 0 Å². The van der Waals surface area contributed by atoms with Crippen molar-refractivity contribution in [1.82, 2.24) is 9.80 Å². The molecule has 3 rings (SSSR count). The van der Waals surface area contributed by atoms with Crippen molar-refractivity contribution in [3.05, 3.63) is 29.8 Å². The van der Waals surface area contributed by atoms with E-state index in [2.05, 4.69) is 11.8 Å². The van der Waals surface area contributed by atoms with Gasteiger partial charge in [0.05, 0.1) is 11.4 Å². The number of amides is 1. The molecule has 1 aromatic carbocycles. The maximum Gasteiger partial charge on any atom is 0.254 e. The molecule has 126 valence electrons. The Hall–Kier alpha value is -1.60. The Bertz CT molecular complexity index is 682. The van der Waals surface area contributed by atoms with E-state index in [1.807, 2.05) is 4.90 Å². The van der Waals surface area contributed by atoms with Crippen LogP contribution in [0.3, 0.4) is 0 Å². The summed E-state index contributed by atoms with van der Waals surface area (Å²) in [4.78, 5) is 16.8. The number of carbonyl (C=O) groups excluding carboxylic acids is 1. The van der Waals surface area contributed by atoms with Crippen LogP contribution in [0.15, 0.2) is 24.3 Å². The van der Waals surface area contributed by atoms with Crippen molar-refractivity contribution >= 4 is 21.6 Å². The van der Waals surface area contributed by atoms with E-state index in [9.17, 15) is 13.2 Å². The third-order valence-corrected chi connectivity index (χ3v) is 6.46. The second-order valence-electron chi connectivity index (χ2n) is 6.02. The molecule has 0 bridgehead atoms. The minimum Gasteiger partial charge on any atom is -0.336 e. The van der Waals surface area contributed by atoms with Gasteiger partial charge in [-0.1, -0.05) is 13.0 Å². The molecule has 2 saturated heterocycles. The molecule has 2 fully saturated rings. The van der Waals surface area contributed by atoms with Gasteiger partial charge in [-0.3, -0.25) is 9.10 Å². The normalized spacial score (nSPS) is 21.6. The van der Waals surface area contributed by atoms with Crippen LogP contribution in [0, 0.1) is 0 Å². The first-order valence-electron chi connectivity index (χ1n) is 8.13. The summed E-state index contributed by atoms with van der Waals surface area (Å²) in [5.41, 5.74) is 1.16. The van der Waals surface area contributed by atoms with E-state index >= 15 is 0 Å². The number of rotatable bonds is 3. The summed E-state index contributed by atoms with van der Waals surface area (Å²) in [6, 6.07) is 6.99. The number of hydrogen-bond acceptors (Lipinski definition) is 4. The largest absolute Gasteiger partial charge is 0.336 e. The minimum absolute atomic E-state index is 0.0146. The molecule has 0 unspecified atom stereocenters. The number of sulfonamides is 1. The smallest absolute Gasteiger partial charge is 0.254 e. The highest BCUT2D eigenvalue weighted by Gasteiger charge is 2.29. The van der Waals surface area contributed by atoms with Gasteiger partial charge in [-0.2, -0.15) is 0 Å². The molecule has 23 heavy (non-hydrogen) atoms. The standard InChI is InChI=1S/C16H23N3O3S/c1-2-17-8-10-18(11-9-17)16(20)14-5-3-6-15(13-14)19-7-4-12-23(19,21)22/h3,5-6,13H,2,4,7-12H2,1H3. The second-order valence-corrected chi connectivity index (χ2v) is 8.03.